The van der Waals surface area contributed by atoms with Crippen LogP contribution in [0.25, 0.3) is 10.8 Å². The summed E-state index contributed by atoms with van der Waals surface area (Å²) in [6, 6.07) is 9.85. The number of halogens is 1. The first-order chi connectivity index (χ1) is 15.2. The number of hydrogen-bond acceptors (Lipinski definition) is 1. The van der Waals surface area contributed by atoms with Gasteiger partial charge in [-0.25, -0.2) is 4.39 Å². The second kappa shape index (κ2) is 10.7. The molecular weight excluding hydrogens is 383 g/mol. The third-order valence-electron chi connectivity index (χ3n) is 7.82. The SMILES string of the molecule is CCC/C=C/C1CCC(C2CCC(c3ccc4cc(OCC)ccc4c3F)CC2)CC1. The molecule has 0 spiro atoms. The zero-order valence-electron chi connectivity index (χ0n) is 19.4. The first-order valence-corrected chi connectivity index (χ1v) is 12.7. The van der Waals surface area contributed by atoms with E-state index in [2.05, 4.69) is 25.1 Å². The Bertz CT molecular complexity index is 870. The van der Waals surface area contributed by atoms with E-state index >= 15 is 4.39 Å². The van der Waals surface area contributed by atoms with Gasteiger partial charge in [-0.2, -0.15) is 0 Å². The van der Waals surface area contributed by atoms with E-state index in [1.807, 2.05) is 31.2 Å². The maximum atomic E-state index is 15.3. The van der Waals surface area contributed by atoms with Gasteiger partial charge in [-0.3, -0.25) is 0 Å². The number of unbranched alkanes of at least 4 members (excludes halogenated alkanes) is 1. The van der Waals surface area contributed by atoms with Crippen molar-refractivity contribution in [2.75, 3.05) is 6.61 Å². The van der Waals surface area contributed by atoms with Gasteiger partial charge in [-0.15, -0.1) is 0 Å². The van der Waals surface area contributed by atoms with Gasteiger partial charge in [0.1, 0.15) is 11.6 Å². The Morgan fingerprint density at radius 1 is 0.903 bits per heavy atom. The molecule has 0 bridgehead atoms. The number of fused-ring (bicyclic) bond motifs is 1. The molecule has 4 rings (SSSR count). The van der Waals surface area contributed by atoms with E-state index in [1.54, 1.807) is 0 Å². The van der Waals surface area contributed by atoms with Gasteiger partial charge in [0.15, 0.2) is 0 Å². The van der Waals surface area contributed by atoms with Gasteiger partial charge < -0.3 is 4.74 Å². The smallest absolute Gasteiger partial charge is 0.134 e. The fraction of sp³-hybridized carbons (Fsp3) is 0.586. The molecule has 31 heavy (non-hydrogen) atoms. The minimum Gasteiger partial charge on any atom is -0.494 e. The van der Waals surface area contributed by atoms with Crippen LogP contribution >= 0.6 is 0 Å². The van der Waals surface area contributed by atoms with Crippen molar-refractivity contribution in [1.82, 2.24) is 0 Å². The van der Waals surface area contributed by atoms with E-state index in [4.69, 9.17) is 4.74 Å². The summed E-state index contributed by atoms with van der Waals surface area (Å²) < 4.78 is 20.9. The summed E-state index contributed by atoms with van der Waals surface area (Å²) >= 11 is 0. The molecule has 0 saturated heterocycles. The first kappa shape index (κ1) is 22.4. The summed E-state index contributed by atoms with van der Waals surface area (Å²) in [5, 5.41) is 1.67. The van der Waals surface area contributed by atoms with Crippen LogP contribution in [0.4, 0.5) is 4.39 Å². The fourth-order valence-electron chi connectivity index (χ4n) is 6.02. The Balaban J connectivity index is 1.34. The molecule has 2 aliphatic rings. The summed E-state index contributed by atoms with van der Waals surface area (Å²) in [4.78, 5) is 0. The van der Waals surface area contributed by atoms with E-state index in [0.717, 1.165) is 52.7 Å². The molecule has 2 aromatic rings. The van der Waals surface area contributed by atoms with Crippen molar-refractivity contribution >= 4 is 10.8 Å². The van der Waals surface area contributed by atoms with E-state index < -0.39 is 0 Å². The maximum absolute atomic E-state index is 15.3. The van der Waals surface area contributed by atoms with Crippen molar-refractivity contribution in [3.63, 3.8) is 0 Å². The highest BCUT2D eigenvalue weighted by Gasteiger charge is 2.31. The fourth-order valence-corrected chi connectivity index (χ4v) is 6.02. The molecule has 2 saturated carbocycles. The Kier molecular flexibility index (Phi) is 7.69. The average Bonchev–Trinajstić information content (AvgIpc) is 2.80. The average molecular weight is 423 g/mol. The van der Waals surface area contributed by atoms with Crippen LogP contribution in [0.2, 0.25) is 0 Å². The van der Waals surface area contributed by atoms with Gasteiger partial charge >= 0.3 is 0 Å². The Hall–Kier alpha value is -1.83. The van der Waals surface area contributed by atoms with Gasteiger partial charge in [0.2, 0.25) is 0 Å². The summed E-state index contributed by atoms with van der Waals surface area (Å²) in [5.41, 5.74) is 0.930. The topological polar surface area (TPSA) is 9.23 Å². The largest absolute Gasteiger partial charge is 0.494 e. The van der Waals surface area contributed by atoms with Crippen LogP contribution in [-0.4, -0.2) is 6.61 Å². The highest BCUT2D eigenvalue weighted by molar-refractivity contribution is 5.85. The van der Waals surface area contributed by atoms with Gasteiger partial charge in [0.25, 0.3) is 0 Å². The minimum absolute atomic E-state index is 0.0108. The van der Waals surface area contributed by atoms with E-state index in [9.17, 15) is 0 Å². The van der Waals surface area contributed by atoms with E-state index in [0.29, 0.717) is 12.5 Å². The second-order valence-electron chi connectivity index (χ2n) is 9.79. The van der Waals surface area contributed by atoms with Gasteiger partial charge in [-0.05, 0) is 118 Å². The quantitative estimate of drug-likeness (QED) is 0.405. The lowest BCUT2D eigenvalue weighted by atomic mass is 9.68. The normalized spacial score (nSPS) is 27.1. The van der Waals surface area contributed by atoms with Crippen LogP contribution in [0.15, 0.2) is 42.5 Å². The van der Waals surface area contributed by atoms with Crippen molar-refractivity contribution in [2.24, 2.45) is 17.8 Å². The molecule has 0 aromatic heterocycles. The summed E-state index contributed by atoms with van der Waals surface area (Å²) in [5.74, 6) is 3.75. The van der Waals surface area contributed by atoms with Crippen molar-refractivity contribution in [3.05, 3.63) is 53.9 Å². The Morgan fingerprint density at radius 3 is 2.29 bits per heavy atom. The molecule has 2 aliphatic carbocycles. The third-order valence-corrected chi connectivity index (χ3v) is 7.82. The van der Waals surface area contributed by atoms with Crippen LogP contribution < -0.4 is 4.74 Å². The maximum Gasteiger partial charge on any atom is 0.134 e. The van der Waals surface area contributed by atoms with Crippen molar-refractivity contribution < 1.29 is 9.13 Å². The number of benzene rings is 2. The summed E-state index contributed by atoms with van der Waals surface area (Å²) in [7, 11) is 0. The zero-order chi connectivity index (χ0) is 21.6. The van der Waals surface area contributed by atoms with Gasteiger partial charge in [0, 0.05) is 5.39 Å². The lowest BCUT2D eigenvalue weighted by Gasteiger charge is -2.37. The van der Waals surface area contributed by atoms with Crippen molar-refractivity contribution in [1.29, 1.82) is 0 Å². The van der Waals surface area contributed by atoms with Crippen molar-refractivity contribution in [3.8, 4) is 5.75 Å². The number of ether oxygens (including phenoxy) is 1. The van der Waals surface area contributed by atoms with Crippen LogP contribution in [0.1, 0.15) is 89.5 Å². The van der Waals surface area contributed by atoms with E-state index in [1.165, 1.54) is 51.4 Å². The van der Waals surface area contributed by atoms with Crippen LogP contribution in [0.3, 0.4) is 0 Å². The van der Waals surface area contributed by atoms with E-state index in [-0.39, 0.29) is 5.82 Å². The first-order valence-electron chi connectivity index (χ1n) is 12.7. The van der Waals surface area contributed by atoms with Gasteiger partial charge in [-0.1, -0.05) is 37.6 Å². The molecule has 1 nitrogen and oxygen atoms in total. The highest BCUT2D eigenvalue weighted by Crippen LogP contribution is 2.45. The zero-order valence-corrected chi connectivity index (χ0v) is 19.4. The van der Waals surface area contributed by atoms with Gasteiger partial charge in [0.05, 0.1) is 6.61 Å². The lowest BCUT2D eigenvalue weighted by molar-refractivity contribution is 0.171. The van der Waals surface area contributed by atoms with Crippen LogP contribution in [0.5, 0.6) is 5.75 Å². The molecule has 2 aromatic carbocycles. The minimum atomic E-state index is -0.0108. The highest BCUT2D eigenvalue weighted by atomic mass is 19.1. The Labute approximate surface area is 188 Å². The molecule has 0 N–H and O–H groups in total. The summed E-state index contributed by atoms with van der Waals surface area (Å²) in [6.07, 6.45) is 17.7. The predicted octanol–water partition coefficient (Wildman–Crippen LogP) is 8.81. The number of allylic oxidation sites excluding steroid dienone is 2. The standard InChI is InChI=1S/C29H39FO/c1-3-5-6-7-21-8-10-22(11-9-21)23-12-14-24(15-13-23)27-18-16-25-20-26(31-4-2)17-19-28(25)29(27)30/h6-7,16-24H,3-5,8-15H2,1-2H3/b7-6+. The molecular formula is C29H39FO. The molecule has 0 heterocycles. The molecule has 168 valence electrons. The molecule has 0 unspecified atom stereocenters. The van der Waals surface area contributed by atoms with Crippen molar-refractivity contribution in [2.45, 2.75) is 84.0 Å². The monoisotopic (exact) mass is 422 g/mol. The molecule has 0 atom stereocenters. The summed E-state index contributed by atoms with van der Waals surface area (Å²) in [6.45, 7) is 4.85. The number of rotatable bonds is 7. The number of hydrogen-bond donors (Lipinski definition) is 0. The molecule has 0 amide bonds. The Morgan fingerprint density at radius 2 is 1.61 bits per heavy atom. The van der Waals surface area contributed by atoms with Crippen LogP contribution in [0, 0.1) is 23.6 Å². The third kappa shape index (κ3) is 5.33. The second-order valence-corrected chi connectivity index (χ2v) is 9.79. The predicted molar refractivity (Wildman–Crippen MR) is 129 cm³/mol. The lowest BCUT2D eigenvalue weighted by Crippen LogP contribution is -2.25. The molecule has 2 fully saturated rings. The molecule has 0 aliphatic heterocycles. The molecule has 0 radical (unpaired) electrons. The van der Waals surface area contributed by atoms with Crippen LogP contribution in [-0.2, 0) is 0 Å². The molecule has 2 heteroatoms.